The monoisotopic (exact) mass is 395 g/mol. The van der Waals surface area contributed by atoms with E-state index in [0.717, 1.165) is 11.1 Å². The summed E-state index contributed by atoms with van der Waals surface area (Å²) in [6, 6.07) is 15.9. The Kier molecular flexibility index (Phi) is 5.23. The van der Waals surface area contributed by atoms with Gasteiger partial charge in [0.15, 0.2) is 0 Å². The Labute approximate surface area is 165 Å². The number of amides is 1. The zero-order valence-corrected chi connectivity index (χ0v) is 16.7. The van der Waals surface area contributed by atoms with Gasteiger partial charge in [-0.05, 0) is 44.5 Å². The highest BCUT2D eigenvalue weighted by Crippen LogP contribution is 2.22. The molecule has 7 heteroatoms. The average molecular weight is 395 g/mol. The van der Waals surface area contributed by atoms with Crippen molar-refractivity contribution in [1.82, 2.24) is 9.62 Å². The maximum atomic E-state index is 12.7. The number of hydrogen-bond donors (Lipinski definition) is 1. The van der Waals surface area contributed by atoms with Gasteiger partial charge in [0.05, 0.1) is 11.1 Å². The van der Waals surface area contributed by atoms with Crippen molar-refractivity contribution in [1.29, 1.82) is 0 Å². The van der Waals surface area contributed by atoms with Gasteiger partial charge in [0.2, 0.25) is 5.96 Å². The molecule has 1 heterocycles. The molecular weight excluding hydrogens is 374 g/mol. The van der Waals surface area contributed by atoms with E-state index in [1.54, 1.807) is 32.1 Å². The highest BCUT2D eigenvalue weighted by atomic mass is 32.2. The first kappa shape index (κ1) is 19.6. The van der Waals surface area contributed by atoms with Gasteiger partial charge in [-0.3, -0.25) is 4.79 Å². The lowest BCUT2D eigenvalue weighted by Crippen LogP contribution is -2.42. The van der Waals surface area contributed by atoms with E-state index in [2.05, 4.69) is 15.4 Å². The topological polar surface area (TPSA) is 78.8 Å². The second-order valence-electron chi connectivity index (χ2n) is 6.94. The second kappa shape index (κ2) is 7.46. The zero-order valence-electron chi connectivity index (χ0n) is 15.9. The molecule has 6 nitrogen and oxygen atoms in total. The number of aryl methyl sites for hydroxylation is 1. The Morgan fingerprint density at radius 2 is 1.71 bits per heavy atom. The van der Waals surface area contributed by atoms with Crippen LogP contribution in [0.25, 0.3) is 6.08 Å². The number of guanidine groups is 1. The molecule has 144 valence electrons. The molecule has 0 spiro atoms. The van der Waals surface area contributed by atoms with Gasteiger partial charge < -0.3 is 0 Å². The van der Waals surface area contributed by atoms with Crippen molar-refractivity contribution in [3.05, 3.63) is 77.7 Å². The van der Waals surface area contributed by atoms with Gasteiger partial charge >= 0.3 is 0 Å². The zero-order chi connectivity index (χ0) is 20.4. The van der Waals surface area contributed by atoms with E-state index >= 15 is 0 Å². The van der Waals surface area contributed by atoms with Crippen molar-refractivity contribution < 1.29 is 13.2 Å². The fourth-order valence-electron chi connectivity index (χ4n) is 2.60. The molecule has 0 aliphatic carbocycles. The minimum absolute atomic E-state index is 0.0514. The molecule has 28 heavy (non-hydrogen) atoms. The number of sulfonamides is 1. The molecule has 0 saturated heterocycles. The molecule has 0 saturated carbocycles. The van der Waals surface area contributed by atoms with Crippen LogP contribution in [0.3, 0.4) is 0 Å². The van der Waals surface area contributed by atoms with Gasteiger partial charge in [-0.1, -0.05) is 48.0 Å². The summed E-state index contributed by atoms with van der Waals surface area (Å²) >= 11 is 0. The van der Waals surface area contributed by atoms with E-state index in [4.69, 9.17) is 0 Å². The largest absolute Gasteiger partial charge is 0.271 e. The van der Waals surface area contributed by atoms with Crippen LogP contribution < -0.4 is 4.72 Å². The predicted octanol–water partition coefficient (Wildman–Crippen LogP) is 3.08. The summed E-state index contributed by atoms with van der Waals surface area (Å²) in [5, 5.41) is 0. The number of benzene rings is 2. The third kappa shape index (κ3) is 4.22. The smallest absolute Gasteiger partial charge is 0.264 e. The van der Waals surface area contributed by atoms with Gasteiger partial charge in [0, 0.05) is 0 Å². The highest BCUT2D eigenvalue weighted by molar-refractivity contribution is 7.90. The Morgan fingerprint density at radius 1 is 1.07 bits per heavy atom. The fraction of sp³-hybridized carbons (Fsp3) is 0.190. The van der Waals surface area contributed by atoms with E-state index < -0.39 is 15.6 Å². The summed E-state index contributed by atoms with van der Waals surface area (Å²) < 4.78 is 27.8. The summed E-state index contributed by atoms with van der Waals surface area (Å²) in [5.74, 6) is -0.396. The summed E-state index contributed by atoms with van der Waals surface area (Å²) in [4.78, 5) is 18.2. The summed E-state index contributed by atoms with van der Waals surface area (Å²) in [7, 11) is -3.88. The van der Waals surface area contributed by atoms with Gasteiger partial charge in [0.25, 0.3) is 15.9 Å². The van der Waals surface area contributed by atoms with Crippen molar-refractivity contribution in [2.75, 3.05) is 0 Å². The van der Waals surface area contributed by atoms with E-state index in [0.29, 0.717) is 0 Å². The number of rotatable bonds is 4. The molecule has 1 amide bonds. The average Bonchev–Trinajstić information content (AvgIpc) is 2.85. The van der Waals surface area contributed by atoms with Gasteiger partial charge in [-0.2, -0.15) is 0 Å². The summed E-state index contributed by atoms with van der Waals surface area (Å²) in [6.07, 6.45) is 3.09. The lowest BCUT2D eigenvalue weighted by molar-refractivity contribution is -0.128. The molecule has 2 aromatic carbocycles. The molecular formula is C21H21N3O3S. The molecule has 1 N–H and O–H groups in total. The van der Waals surface area contributed by atoms with Gasteiger partial charge in [0.1, 0.15) is 5.54 Å². The Hall–Kier alpha value is -3.15. The maximum Gasteiger partial charge on any atom is 0.264 e. The molecule has 0 bridgehead atoms. The molecule has 1 aliphatic heterocycles. The van der Waals surface area contributed by atoms with E-state index in [-0.39, 0.29) is 16.8 Å². The Bertz CT molecular complexity index is 1080. The third-order valence-corrected chi connectivity index (χ3v) is 5.51. The maximum absolute atomic E-state index is 12.7. The van der Waals surface area contributed by atoms with E-state index in [1.807, 2.05) is 37.3 Å². The molecule has 3 rings (SSSR count). The van der Waals surface area contributed by atoms with Crippen LogP contribution in [0.4, 0.5) is 0 Å². The molecule has 0 unspecified atom stereocenters. The van der Waals surface area contributed by atoms with Crippen LogP contribution >= 0.6 is 0 Å². The van der Waals surface area contributed by atoms with Crippen molar-refractivity contribution in [3.8, 4) is 0 Å². The van der Waals surface area contributed by atoms with Crippen LogP contribution in [-0.4, -0.2) is 30.7 Å². The van der Waals surface area contributed by atoms with Crippen molar-refractivity contribution in [3.63, 3.8) is 0 Å². The minimum Gasteiger partial charge on any atom is -0.271 e. The van der Waals surface area contributed by atoms with Crippen LogP contribution in [0.1, 0.15) is 25.0 Å². The lowest BCUT2D eigenvalue weighted by Gasteiger charge is -2.16. The van der Waals surface area contributed by atoms with Crippen molar-refractivity contribution in [2.45, 2.75) is 31.2 Å². The molecule has 0 fully saturated rings. The van der Waals surface area contributed by atoms with Crippen LogP contribution in [0.15, 0.2) is 76.4 Å². The number of nitrogens with one attached hydrogen (secondary N) is 1. The lowest BCUT2D eigenvalue weighted by atomic mass is 10.1. The second-order valence-corrected chi connectivity index (χ2v) is 8.62. The standard InChI is InChI=1S/C21H21N3O3S/c1-16-11-13-18(14-12-16)28(26,27)23-20-22-21(2,3)19(25)24(20)15-7-10-17-8-5-4-6-9-17/h4-6,8-15H,1-3H3,(H,22,23). The first-order valence-electron chi connectivity index (χ1n) is 8.70. The normalized spacial score (nSPS) is 15.6. The first-order valence-corrected chi connectivity index (χ1v) is 10.2. The van der Waals surface area contributed by atoms with Crippen LogP contribution in [-0.2, 0) is 14.8 Å². The van der Waals surface area contributed by atoms with E-state index in [9.17, 15) is 13.2 Å². The number of aliphatic imine (C=N–C) groups is 1. The van der Waals surface area contributed by atoms with Crippen molar-refractivity contribution >= 4 is 28.0 Å². The summed E-state index contributed by atoms with van der Waals surface area (Å²) in [5.41, 5.74) is 3.70. The third-order valence-electron chi connectivity index (χ3n) is 4.17. The molecule has 0 aromatic heterocycles. The molecule has 2 aromatic rings. The number of carbonyl (C=O) groups is 1. The number of carbonyl (C=O) groups excluding carboxylic acids is 1. The van der Waals surface area contributed by atoms with Crippen LogP contribution in [0, 0.1) is 6.92 Å². The quantitative estimate of drug-likeness (QED) is 0.808. The predicted molar refractivity (Wildman–Crippen MR) is 109 cm³/mol. The number of nitrogens with zero attached hydrogens (tertiary/aromatic N) is 2. The Morgan fingerprint density at radius 3 is 2.36 bits per heavy atom. The number of hydrogen-bond acceptors (Lipinski definition) is 4. The minimum atomic E-state index is -3.88. The molecule has 0 radical (unpaired) electrons. The highest BCUT2D eigenvalue weighted by Gasteiger charge is 2.41. The van der Waals surface area contributed by atoms with Gasteiger partial charge in [-0.25, -0.2) is 23.0 Å². The van der Waals surface area contributed by atoms with E-state index in [1.165, 1.54) is 23.2 Å². The Balaban J connectivity index is 1.90. The first-order chi connectivity index (χ1) is 13.2. The van der Waals surface area contributed by atoms with Crippen LogP contribution in [0.2, 0.25) is 0 Å². The molecule has 1 aliphatic rings. The summed E-state index contributed by atoms with van der Waals surface area (Å²) in [6.45, 7) is 5.13. The SMILES string of the molecule is Cc1ccc(S(=O)(=O)NC2=NC(C)(C)C(=O)N2C=C=Cc2ccccc2)cc1. The molecule has 0 atom stereocenters. The van der Waals surface area contributed by atoms with Crippen LogP contribution in [0.5, 0.6) is 0 Å². The van der Waals surface area contributed by atoms with Crippen molar-refractivity contribution in [2.24, 2.45) is 4.99 Å². The van der Waals surface area contributed by atoms with Gasteiger partial charge in [-0.15, -0.1) is 5.73 Å². The fourth-order valence-corrected chi connectivity index (χ4v) is 3.60.